The highest BCUT2D eigenvalue weighted by molar-refractivity contribution is 4.98. The summed E-state index contributed by atoms with van der Waals surface area (Å²) in [5, 5.41) is 0. The molecule has 4 heterocycles. The van der Waals surface area contributed by atoms with Crippen molar-refractivity contribution in [1.29, 1.82) is 0 Å². The fourth-order valence-corrected chi connectivity index (χ4v) is 8.71. The van der Waals surface area contributed by atoms with Gasteiger partial charge in [0.2, 0.25) is 0 Å². The van der Waals surface area contributed by atoms with E-state index in [1.165, 1.54) is 90.3 Å². The molecule has 3 nitrogen and oxygen atoms in total. The monoisotopic (exact) mass is 504 g/mol. The maximum atomic E-state index is 2.77. The normalized spacial score (nSPS) is 36.6. The summed E-state index contributed by atoms with van der Waals surface area (Å²) in [6.45, 7) is 25.2. The highest BCUT2D eigenvalue weighted by Gasteiger charge is 2.43. The predicted molar refractivity (Wildman–Crippen MR) is 159 cm³/mol. The van der Waals surface area contributed by atoms with E-state index in [4.69, 9.17) is 0 Å². The highest BCUT2D eigenvalue weighted by atomic mass is 15.3. The molecule has 6 rings (SSSR count). The van der Waals surface area contributed by atoms with Crippen LogP contribution in [0.2, 0.25) is 0 Å². The molecule has 0 spiro atoms. The molecule has 6 aliphatic rings. The van der Waals surface area contributed by atoms with Crippen molar-refractivity contribution >= 4 is 0 Å². The van der Waals surface area contributed by atoms with E-state index in [-0.39, 0.29) is 7.43 Å². The molecule has 36 heavy (non-hydrogen) atoms. The molecule has 0 aromatic rings. The van der Waals surface area contributed by atoms with Crippen molar-refractivity contribution in [2.75, 3.05) is 19.6 Å². The number of hydrogen-bond acceptors (Lipinski definition) is 3. The maximum absolute atomic E-state index is 2.77. The van der Waals surface area contributed by atoms with Crippen LogP contribution in [0.25, 0.3) is 0 Å². The van der Waals surface area contributed by atoms with Gasteiger partial charge in [-0.05, 0) is 144 Å². The van der Waals surface area contributed by atoms with Crippen molar-refractivity contribution in [3.8, 4) is 0 Å². The lowest BCUT2D eigenvalue weighted by Crippen LogP contribution is -2.51. The van der Waals surface area contributed by atoms with E-state index in [9.17, 15) is 0 Å². The Hall–Kier alpha value is -0.120. The van der Waals surface area contributed by atoms with Crippen LogP contribution in [0.4, 0.5) is 0 Å². The number of piperidine rings is 3. The lowest BCUT2D eigenvalue weighted by atomic mass is 9.94. The Labute approximate surface area is 227 Å². The Kier molecular flexibility index (Phi) is 9.76. The van der Waals surface area contributed by atoms with Gasteiger partial charge in [-0.2, -0.15) is 0 Å². The minimum Gasteiger partial charge on any atom is -0.298 e. The third-order valence-electron chi connectivity index (χ3n) is 10.3. The average molecular weight is 504 g/mol. The van der Waals surface area contributed by atoms with E-state index < -0.39 is 0 Å². The molecule has 0 aromatic heterocycles. The van der Waals surface area contributed by atoms with Gasteiger partial charge in [-0.15, -0.1) is 0 Å². The maximum Gasteiger partial charge on any atom is 0.0130 e. The molecule has 212 valence electrons. The fraction of sp³-hybridized carbons (Fsp3) is 1.00. The van der Waals surface area contributed by atoms with Crippen molar-refractivity contribution in [2.45, 2.75) is 175 Å². The first kappa shape index (κ1) is 30.4. The molecule has 2 saturated carbocycles. The molecule has 2 aliphatic carbocycles. The van der Waals surface area contributed by atoms with Gasteiger partial charge in [0.05, 0.1) is 0 Å². The van der Waals surface area contributed by atoms with E-state index in [1.54, 1.807) is 0 Å². The summed E-state index contributed by atoms with van der Waals surface area (Å²) >= 11 is 0. The highest BCUT2D eigenvalue weighted by Crippen LogP contribution is 2.42. The SMILES string of the molecule is C.CC(C)(C)N1C2CCCC1CC2.CC(C)(C)N1CC2CCC(C2)C1.CC(C)(C)N1CC2CCC1C2. The van der Waals surface area contributed by atoms with E-state index in [2.05, 4.69) is 77.0 Å². The smallest absolute Gasteiger partial charge is 0.0130 e. The quantitative estimate of drug-likeness (QED) is 0.330. The second-order valence-electron chi connectivity index (χ2n) is 16.2. The number of rotatable bonds is 0. The summed E-state index contributed by atoms with van der Waals surface area (Å²) in [4.78, 5) is 8.15. The van der Waals surface area contributed by atoms with Gasteiger partial charge >= 0.3 is 0 Å². The molecule has 6 unspecified atom stereocenters. The summed E-state index contributed by atoms with van der Waals surface area (Å²) in [6, 6.07) is 2.77. The van der Waals surface area contributed by atoms with E-state index in [0.717, 1.165) is 35.9 Å². The van der Waals surface area contributed by atoms with Gasteiger partial charge in [0.1, 0.15) is 0 Å². The van der Waals surface area contributed by atoms with Gasteiger partial charge < -0.3 is 0 Å². The second kappa shape index (κ2) is 11.5. The molecule has 4 saturated heterocycles. The zero-order chi connectivity index (χ0) is 25.6. The van der Waals surface area contributed by atoms with Crippen molar-refractivity contribution in [1.82, 2.24) is 14.7 Å². The van der Waals surface area contributed by atoms with Crippen molar-refractivity contribution < 1.29 is 0 Å². The number of fused-ring (bicyclic) bond motifs is 6. The van der Waals surface area contributed by atoms with Crippen LogP contribution in [0, 0.1) is 17.8 Å². The largest absolute Gasteiger partial charge is 0.298 e. The number of nitrogens with zero attached hydrogens (tertiary/aromatic N) is 3. The molecule has 3 heteroatoms. The van der Waals surface area contributed by atoms with Gasteiger partial charge in [0, 0.05) is 54.4 Å². The lowest BCUT2D eigenvalue weighted by molar-refractivity contribution is 0.0441. The third kappa shape index (κ3) is 7.29. The summed E-state index contributed by atoms with van der Waals surface area (Å²) in [6.07, 6.45) is 16.3. The first-order chi connectivity index (χ1) is 16.2. The van der Waals surface area contributed by atoms with Crippen LogP contribution in [0.15, 0.2) is 0 Å². The Morgan fingerprint density at radius 2 is 0.944 bits per heavy atom. The summed E-state index contributed by atoms with van der Waals surface area (Å²) in [5.74, 6) is 3.10. The molecule has 4 aliphatic heterocycles. The Morgan fingerprint density at radius 3 is 1.28 bits per heavy atom. The van der Waals surface area contributed by atoms with Crippen molar-refractivity contribution in [3.63, 3.8) is 0 Å². The van der Waals surface area contributed by atoms with Crippen LogP contribution >= 0.6 is 0 Å². The van der Waals surface area contributed by atoms with Gasteiger partial charge in [-0.25, -0.2) is 0 Å². The van der Waals surface area contributed by atoms with Crippen LogP contribution in [-0.2, 0) is 0 Å². The van der Waals surface area contributed by atoms with E-state index in [1.807, 2.05) is 0 Å². The van der Waals surface area contributed by atoms with Crippen molar-refractivity contribution in [3.05, 3.63) is 0 Å². The zero-order valence-corrected chi connectivity index (χ0v) is 25.2. The van der Waals surface area contributed by atoms with Gasteiger partial charge in [0.25, 0.3) is 0 Å². The fourth-order valence-electron chi connectivity index (χ4n) is 8.71. The standard InChI is InChI=1S/2C11H21N.C10H19N.CH4/c1-11(2,3)12-7-9-4-5-10(6-9)8-12;1-11(2,3)12-9-5-4-6-10(12)8-7-9;1-10(2,3)11-7-8-4-5-9(11)6-8;/h2*9-10H,4-8H2,1-3H3;8-9H,4-7H2,1-3H3;1H4. The Bertz CT molecular complexity index is 653. The molecule has 0 N–H and O–H groups in total. The Balaban J connectivity index is 0.000000149. The molecule has 0 radical (unpaired) electrons. The summed E-state index contributed by atoms with van der Waals surface area (Å²) in [5.41, 5.74) is 1.23. The second-order valence-corrected chi connectivity index (χ2v) is 16.2. The first-order valence-corrected chi connectivity index (χ1v) is 15.5. The number of likely N-dealkylation sites (tertiary alicyclic amines) is 2. The molecule has 6 fully saturated rings. The van der Waals surface area contributed by atoms with Crippen LogP contribution < -0.4 is 0 Å². The molecule has 6 bridgehead atoms. The van der Waals surface area contributed by atoms with Crippen molar-refractivity contribution in [2.24, 2.45) is 17.8 Å². The summed E-state index contributed by atoms with van der Waals surface area (Å²) < 4.78 is 0. The predicted octanol–water partition coefficient (Wildman–Crippen LogP) is 8.22. The molecule has 0 aromatic carbocycles. The van der Waals surface area contributed by atoms with E-state index in [0.29, 0.717) is 16.6 Å². The molecule has 6 atom stereocenters. The average Bonchev–Trinajstić information content (AvgIpc) is 3.51. The number of hydrogen-bond donors (Lipinski definition) is 0. The zero-order valence-electron chi connectivity index (χ0n) is 25.2. The lowest BCUT2D eigenvalue weighted by Gasteiger charge is -2.44. The minimum atomic E-state index is 0. The topological polar surface area (TPSA) is 9.72 Å². The van der Waals surface area contributed by atoms with E-state index >= 15 is 0 Å². The van der Waals surface area contributed by atoms with Gasteiger partial charge in [0.15, 0.2) is 0 Å². The molecule has 0 amide bonds. The minimum absolute atomic E-state index is 0. The first-order valence-electron chi connectivity index (χ1n) is 15.5. The van der Waals surface area contributed by atoms with Gasteiger partial charge in [-0.3, -0.25) is 14.7 Å². The molecular weight excluding hydrogens is 438 g/mol. The van der Waals surface area contributed by atoms with Crippen LogP contribution in [0.3, 0.4) is 0 Å². The van der Waals surface area contributed by atoms with Gasteiger partial charge in [-0.1, -0.05) is 13.8 Å². The third-order valence-corrected chi connectivity index (χ3v) is 10.3. The molecular formula is C33H65N3. The summed E-state index contributed by atoms with van der Waals surface area (Å²) in [7, 11) is 0. The van der Waals surface area contributed by atoms with Crippen LogP contribution in [-0.4, -0.2) is 69.1 Å². The Morgan fingerprint density at radius 1 is 0.472 bits per heavy atom. The van der Waals surface area contributed by atoms with Crippen LogP contribution in [0.1, 0.15) is 140 Å². The van der Waals surface area contributed by atoms with Crippen LogP contribution in [0.5, 0.6) is 0 Å².